The van der Waals surface area contributed by atoms with Gasteiger partial charge < -0.3 is 14.3 Å². The standard InChI is InChI=1S/C63H55BN2OS/c1-60(2,3)34-22-24-35(25-23-34)65-48-31-39-36-16-10-13-19-43(36)63(8,9)44(39)28-41(48)56-57-58-54(55-38-18-12-15-21-53(38)68-59(55)56)42-29-45-46(62(6,7)27-26-61(45,4)5)32-49(42)66(58)50-33-52-40(30-47(50)64-57)37-17-11-14-20-51(37)67-52/h10-25,28-33,64-65H,26-27H2,1-9H3. The highest BCUT2D eigenvalue weighted by Crippen LogP contribution is 2.56. The van der Waals surface area contributed by atoms with Gasteiger partial charge in [-0.3, -0.25) is 0 Å². The van der Waals surface area contributed by atoms with Crippen molar-refractivity contribution in [1.29, 1.82) is 0 Å². The fourth-order valence-corrected chi connectivity index (χ4v) is 14.2. The van der Waals surface area contributed by atoms with Gasteiger partial charge in [-0.2, -0.15) is 0 Å². The summed E-state index contributed by atoms with van der Waals surface area (Å²) in [5, 5.41) is 11.9. The molecular weight excluding hydrogens is 844 g/mol. The van der Waals surface area contributed by atoms with Crippen LogP contribution in [0.3, 0.4) is 0 Å². The summed E-state index contributed by atoms with van der Waals surface area (Å²) in [6, 6.07) is 51.1. The third kappa shape index (κ3) is 5.43. The quantitative estimate of drug-likeness (QED) is 0.179. The fourth-order valence-electron chi connectivity index (χ4n) is 12.9. The highest BCUT2D eigenvalue weighted by Gasteiger charge is 2.41. The molecule has 8 aromatic carbocycles. The summed E-state index contributed by atoms with van der Waals surface area (Å²) in [5.41, 5.74) is 23.0. The number of hydrogen-bond acceptors (Lipinski definition) is 3. The zero-order valence-electron chi connectivity index (χ0n) is 40.6. The van der Waals surface area contributed by atoms with E-state index in [1.165, 1.54) is 126 Å². The lowest BCUT2D eigenvalue weighted by atomic mass is 9.58. The Hall–Kier alpha value is -6.56. The van der Waals surface area contributed by atoms with Crippen LogP contribution in [0.4, 0.5) is 11.4 Å². The first-order valence-corrected chi connectivity index (χ1v) is 25.5. The molecule has 0 radical (unpaired) electrons. The van der Waals surface area contributed by atoms with Crippen LogP contribution in [0, 0.1) is 0 Å². The van der Waals surface area contributed by atoms with E-state index in [-0.39, 0.29) is 21.7 Å². The Labute approximate surface area is 403 Å². The predicted octanol–water partition coefficient (Wildman–Crippen LogP) is 16.1. The molecule has 3 aliphatic rings. The second-order valence-electron chi connectivity index (χ2n) is 23.2. The van der Waals surface area contributed by atoms with E-state index in [0.29, 0.717) is 0 Å². The van der Waals surface area contributed by atoms with Gasteiger partial charge in [0.25, 0.3) is 0 Å². The molecule has 0 saturated heterocycles. The molecule has 1 N–H and O–H groups in total. The van der Waals surface area contributed by atoms with E-state index in [1.807, 2.05) is 11.3 Å². The Morgan fingerprint density at radius 3 is 2.09 bits per heavy atom. The number of furan rings is 1. The van der Waals surface area contributed by atoms with E-state index in [1.54, 1.807) is 0 Å². The number of fused-ring (bicyclic) bond motifs is 16. The Morgan fingerprint density at radius 2 is 1.31 bits per heavy atom. The molecule has 0 spiro atoms. The Kier molecular flexibility index (Phi) is 7.96. The second kappa shape index (κ2) is 13.4. The van der Waals surface area contributed by atoms with Crippen molar-refractivity contribution in [1.82, 2.24) is 4.57 Å². The van der Waals surface area contributed by atoms with Gasteiger partial charge in [0.1, 0.15) is 11.2 Å². The van der Waals surface area contributed by atoms with Gasteiger partial charge in [-0.25, -0.2) is 0 Å². The molecule has 332 valence electrons. The summed E-state index contributed by atoms with van der Waals surface area (Å²) in [5.74, 6) is 0. The van der Waals surface area contributed by atoms with Crippen molar-refractivity contribution >= 4 is 105 Å². The lowest BCUT2D eigenvalue weighted by Crippen LogP contribution is -2.37. The third-order valence-electron chi connectivity index (χ3n) is 16.8. The van der Waals surface area contributed by atoms with Crippen molar-refractivity contribution < 1.29 is 4.42 Å². The van der Waals surface area contributed by atoms with Gasteiger partial charge in [-0.15, -0.1) is 11.3 Å². The van der Waals surface area contributed by atoms with Gasteiger partial charge in [0.05, 0.1) is 5.52 Å². The zero-order chi connectivity index (χ0) is 46.4. The van der Waals surface area contributed by atoms with Crippen molar-refractivity contribution in [3.05, 3.63) is 161 Å². The molecule has 3 aromatic heterocycles. The van der Waals surface area contributed by atoms with Crippen molar-refractivity contribution in [3.8, 4) is 27.9 Å². The van der Waals surface area contributed by atoms with E-state index in [9.17, 15) is 0 Å². The van der Waals surface area contributed by atoms with Gasteiger partial charge in [0.2, 0.25) is 0 Å². The number of rotatable bonds is 3. The fraction of sp³-hybridized carbons (Fsp3) is 0.238. The summed E-state index contributed by atoms with van der Waals surface area (Å²) in [4.78, 5) is 0. The SMILES string of the molecule is CC(C)(C)c1ccc(Nc2cc3c(cc2-c2c4c5c(c6cc7c(cc6n5-c5cc6oc8ccccc8c6cc5B4)C(C)(C)CCC7(C)C)c4c2sc2ccccc24)C(C)(C)c2ccccc2-3)cc1. The smallest absolute Gasteiger partial charge is 0.198 e. The number of thiophene rings is 1. The predicted molar refractivity (Wildman–Crippen MR) is 294 cm³/mol. The van der Waals surface area contributed by atoms with Crippen LogP contribution in [0.2, 0.25) is 0 Å². The monoisotopic (exact) mass is 898 g/mol. The molecule has 4 heterocycles. The molecule has 0 atom stereocenters. The summed E-state index contributed by atoms with van der Waals surface area (Å²) in [6.45, 7) is 21.6. The number of para-hydroxylation sites is 1. The van der Waals surface area contributed by atoms with E-state index in [2.05, 4.69) is 206 Å². The van der Waals surface area contributed by atoms with Crippen LogP contribution in [-0.4, -0.2) is 11.8 Å². The normalized spacial score (nSPS) is 16.4. The molecule has 0 amide bonds. The van der Waals surface area contributed by atoms with Crippen LogP contribution in [0.1, 0.15) is 103 Å². The van der Waals surface area contributed by atoms with Gasteiger partial charge in [-0.1, -0.05) is 147 Å². The summed E-state index contributed by atoms with van der Waals surface area (Å²) in [6.07, 6.45) is 2.33. The maximum Gasteiger partial charge on any atom is 0.198 e. The molecular formula is C63H55BN2OS. The van der Waals surface area contributed by atoms with E-state index < -0.39 is 0 Å². The van der Waals surface area contributed by atoms with Gasteiger partial charge in [0, 0.05) is 81.3 Å². The van der Waals surface area contributed by atoms with Crippen LogP contribution >= 0.6 is 11.3 Å². The van der Waals surface area contributed by atoms with Gasteiger partial charge in [0.15, 0.2) is 7.28 Å². The van der Waals surface area contributed by atoms with E-state index in [4.69, 9.17) is 4.42 Å². The number of benzene rings is 8. The van der Waals surface area contributed by atoms with Gasteiger partial charge in [-0.05, 0) is 128 Å². The second-order valence-corrected chi connectivity index (χ2v) is 24.3. The third-order valence-corrected chi connectivity index (χ3v) is 18.0. The maximum atomic E-state index is 6.72. The summed E-state index contributed by atoms with van der Waals surface area (Å²) < 4.78 is 12.1. The van der Waals surface area contributed by atoms with Gasteiger partial charge >= 0.3 is 0 Å². The van der Waals surface area contributed by atoms with E-state index in [0.717, 1.165) is 36.2 Å². The molecule has 0 fully saturated rings. The van der Waals surface area contributed by atoms with Crippen LogP contribution in [0.5, 0.6) is 0 Å². The molecule has 3 nitrogen and oxygen atoms in total. The molecule has 14 rings (SSSR count). The summed E-state index contributed by atoms with van der Waals surface area (Å²) in [7, 11) is 0.800. The average Bonchev–Trinajstić information content (AvgIpc) is 4.04. The van der Waals surface area contributed by atoms with Crippen LogP contribution in [-0.2, 0) is 21.7 Å². The van der Waals surface area contributed by atoms with Crippen LogP contribution < -0.4 is 16.2 Å². The minimum atomic E-state index is -0.178. The molecule has 0 bridgehead atoms. The largest absolute Gasteiger partial charge is 0.456 e. The molecule has 2 aliphatic carbocycles. The Balaban J connectivity index is 1.16. The number of nitrogens with one attached hydrogen (secondary N) is 1. The number of hydrogen-bond donors (Lipinski definition) is 1. The average molecular weight is 899 g/mol. The molecule has 68 heavy (non-hydrogen) atoms. The van der Waals surface area contributed by atoms with Crippen molar-refractivity contribution in [2.24, 2.45) is 0 Å². The van der Waals surface area contributed by atoms with Crippen molar-refractivity contribution in [3.63, 3.8) is 0 Å². The highest BCUT2D eigenvalue weighted by atomic mass is 32.1. The lowest BCUT2D eigenvalue weighted by Gasteiger charge is -2.42. The number of anilines is 2. The molecule has 0 unspecified atom stereocenters. The molecule has 1 aliphatic heterocycles. The summed E-state index contributed by atoms with van der Waals surface area (Å²) >= 11 is 1.97. The zero-order valence-corrected chi connectivity index (χ0v) is 41.4. The lowest BCUT2D eigenvalue weighted by molar-refractivity contribution is 0.332. The van der Waals surface area contributed by atoms with Crippen LogP contribution in [0.15, 0.2) is 138 Å². The van der Waals surface area contributed by atoms with Crippen LogP contribution in [0.25, 0.3) is 91.9 Å². The molecule has 5 heteroatoms. The first-order chi connectivity index (χ1) is 32.6. The molecule has 11 aromatic rings. The Bertz CT molecular complexity index is 4030. The molecule has 0 saturated carbocycles. The number of nitrogens with zero attached hydrogens (tertiary/aromatic N) is 1. The number of aromatic nitrogens is 1. The maximum absolute atomic E-state index is 6.72. The minimum Gasteiger partial charge on any atom is -0.456 e. The first kappa shape index (κ1) is 40.5. The first-order valence-electron chi connectivity index (χ1n) is 24.7. The topological polar surface area (TPSA) is 30.1 Å². The highest BCUT2D eigenvalue weighted by molar-refractivity contribution is 7.26. The Morgan fingerprint density at radius 1 is 0.603 bits per heavy atom. The van der Waals surface area contributed by atoms with Crippen molar-refractivity contribution in [2.45, 2.75) is 96.8 Å². The van der Waals surface area contributed by atoms with Crippen molar-refractivity contribution in [2.75, 3.05) is 5.32 Å². The minimum absolute atomic E-state index is 0.0504. The van der Waals surface area contributed by atoms with E-state index >= 15 is 0 Å².